The van der Waals surface area contributed by atoms with Crippen molar-refractivity contribution in [2.24, 2.45) is 0 Å². The highest BCUT2D eigenvalue weighted by atomic mass is 32.2. The number of halogens is 3. The molecule has 0 heterocycles. The number of hydrogen-bond donors (Lipinski definition) is 1. The molecule has 1 atom stereocenters. The Bertz CT molecular complexity index is 599. The number of aliphatic hydroxyl groups excluding tert-OH is 1. The van der Waals surface area contributed by atoms with Crippen LogP contribution in [0.5, 0.6) is 0 Å². The molecule has 0 aliphatic heterocycles. The first-order valence-corrected chi connectivity index (χ1v) is 6.40. The lowest BCUT2D eigenvalue weighted by molar-refractivity contribution is 0.191. The molecular weight excluding hydrogens is 273 g/mol. The lowest BCUT2D eigenvalue weighted by Crippen LogP contribution is -1.98. The fourth-order valence-corrected chi connectivity index (χ4v) is 2.76. The van der Waals surface area contributed by atoms with E-state index in [4.69, 9.17) is 0 Å². The second-order valence-corrected chi connectivity index (χ2v) is 5.12. The SMILES string of the molecule is C[C@H](O)c1c(F)cccc1Sc1ccc(F)c(F)c1. The topological polar surface area (TPSA) is 20.2 Å². The zero-order chi connectivity index (χ0) is 14.0. The smallest absolute Gasteiger partial charge is 0.159 e. The van der Waals surface area contributed by atoms with Crippen LogP contribution in [0.4, 0.5) is 13.2 Å². The molecular formula is C14H11F3OS. The van der Waals surface area contributed by atoms with E-state index in [1.807, 2.05) is 0 Å². The average Bonchev–Trinajstić information content (AvgIpc) is 2.33. The summed E-state index contributed by atoms with van der Waals surface area (Å²) in [5.74, 6) is -2.41. The molecule has 0 aliphatic carbocycles. The van der Waals surface area contributed by atoms with Gasteiger partial charge >= 0.3 is 0 Å². The molecule has 0 saturated carbocycles. The number of hydrogen-bond acceptors (Lipinski definition) is 2. The van der Waals surface area contributed by atoms with E-state index in [9.17, 15) is 18.3 Å². The van der Waals surface area contributed by atoms with Crippen LogP contribution < -0.4 is 0 Å². The largest absolute Gasteiger partial charge is 0.389 e. The van der Waals surface area contributed by atoms with Crippen molar-refractivity contribution in [2.45, 2.75) is 22.8 Å². The zero-order valence-electron chi connectivity index (χ0n) is 10.0. The first-order valence-electron chi connectivity index (χ1n) is 5.58. The first-order chi connectivity index (χ1) is 8.99. The van der Waals surface area contributed by atoms with Crippen molar-refractivity contribution in [1.82, 2.24) is 0 Å². The van der Waals surface area contributed by atoms with Crippen LogP contribution in [0.25, 0.3) is 0 Å². The average molecular weight is 284 g/mol. The fraction of sp³-hybridized carbons (Fsp3) is 0.143. The summed E-state index contributed by atoms with van der Waals surface area (Å²) in [6.45, 7) is 1.45. The maximum atomic E-state index is 13.6. The van der Waals surface area contributed by atoms with Gasteiger partial charge in [-0.3, -0.25) is 0 Å². The molecule has 0 fully saturated rings. The van der Waals surface area contributed by atoms with Gasteiger partial charge in [-0.1, -0.05) is 17.8 Å². The Morgan fingerprint density at radius 2 is 1.74 bits per heavy atom. The highest BCUT2D eigenvalue weighted by Crippen LogP contribution is 2.35. The van der Waals surface area contributed by atoms with Gasteiger partial charge in [-0.15, -0.1) is 0 Å². The minimum atomic E-state index is -0.978. The second-order valence-electron chi connectivity index (χ2n) is 4.01. The summed E-state index contributed by atoms with van der Waals surface area (Å²) < 4.78 is 39.6. The molecule has 100 valence electrons. The van der Waals surface area contributed by atoms with Gasteiger partial charge in [-0.25, -0.2) is 13.2 Å². The lowest BCUT2D eigenvalue weighted by atomic mass is 10.1. The summed E-state index contributed by atoms with van der Waals surface area (Å²) in [6, 6.07) is 7.83. The van der Waals surface area contributed by atoms with Crippen molar-refractivity contribution in [3.8, 4) is 0 Å². The van der Waals surface area contributed by atoms with Crippen LogP contribution >= 0.6 is 11.8 Å². The van der Waals surface area contributed by atoms with Crippen molar-refractivity contribution in [3.63, 3.8) is 0 Å². The van der Waals surface area contributed by atoms with E-state index < -0.39 is 23.6 Å². The monoisotopic (exact) mass is 284 g/mol. The van der Waals surface area contributed by atoms with Gasteiger partial charge in [0.05, 0.1) is 6.10 Å². The zero-order valence-corrected chi connectivity index (χ0v) is 10.8. The summed E-state index contributed by atoms with van der Waals surface area (Å²) in [5.41, 5.74) is 0.150. The van der Waals surface area contributed by atoms with Crippen molar-refractivity contribution in [3.05, 3.63) is 59.4 Å². The van der Waals surface area contributed by atoms with Gasteiger partial charge < -0.3 is 5.11 Å². The molecule has 2 rings (SSSR count). The van der Waals surface area contributed by atoms with E-state index in [0.717, 1.165) is 23.9 Å². The van der Waals surface area contributed by atoms with Crippen LogP contribution in [-0.2, 0) is 0 Å². The van der Waals surface area contributed by atoms with E-state index in [1.54, 1.807) is 6.07 Å². The van der Waals surface area contributed by atoms with Crippen LogP contribution in [0, 0.1) is 17.5 Å². The van der Waals surface area contributed by atoms with Gasteiger partial charge in [0.25, 0.3) is 0 Å². The molecule has 0 aromatic heterocycles. The van der Waals surface area contributed by atoms with Crippen LogP contribution in [0.1, 0.15) is 18.6 Å². The Kier molecular flexibility index (Phi) is 4.17. The second kappa shape index (κ2) is 5.67. The molecule has 0 saturated heterocycles. The van der Waals surface area contributed by atoms with Crippen molar-refractivity contribution < 1.29 is 18.3 Å². The third-order valence-electron chi connectivity index (χ3n) is 2.55. The van der Waals surface area contributed by atoms with Gasteiger partial charge in [0.15, 0.2) is 11.6 Å². The molecule has 19 heavy (non-hydrogen) atoms. The summed E-state index contributed by atoms with van der Waals surface area (Å²) in [6.07, 6.45) is -0.978. The van der Waals surface area contributed by atoms with Crippen LogP contribution in [-0.4, -0.2) is 5.11 Å². The quantitative estimate of drug-likeness (QED) is 0.906. The van der Waals surface area contributed by atoms with E-state index in [2.05, 4.69) is 0 Å². The Labute approximate surface area is 113 Å². The van der Waals surface area contributed by atoms with E-state index in [0.29, 0.717) is 9.79 Å². The molecule has 5 heteroatoms. The molecule has 0 amide bonds. The molecule has 1 N–H and O–H groups in total. The van der Waals surface area contributed by atoms with Gasteiger partial charge in [-0.05, 0) is 37.3 Å². The van der Waals surface area contributed by atoms with Gasteiger partial charge in [0.2, 0.25) is 0 Å². The molecule has 1 nitrogen and oxygen atoms in total. The minimum absolute atomic E-state index is 0.150. The van der Waals surface area contributed by atoms with E-state index in [1.165, 1.54) is 25.1 Å². The van der Waals surface area contributed by atoms with Crippen LogP contribution in [0.3, 0.4) is 0 Å². The van der Waals surface area contributed by atoms with E-state index >= 15 is 0 Å². The summed E-state index contributed by atoms with van der Waals surface area (Å²) in [5, 5.41) is 9.57. The Morgan fingerprint density at radius 1 is 1.00 bits per heavy atom. The molecule has 0 unspecified atom stereocenters. The number of aliphatic hydroxyl groups is 1. The third kappa shape index (κ3) is 3.11. The van der Waals surface area contributed by atoms with Gasteiger partial charge in [0.1, 0.15) is 5.82 Å². The molecule has 2 aromatic carbocycles. The van der Waals surface area contributed by atoms with Gasteiger partial charge in [-0.2, -0.15) is 0 Å². The van der Waals surface area contributed by atoms with E-state index in [-0.39, 0.29) is 5.56 Å². The number of rotatable bonds is 3. The van der Waals surface area contributed by atoms with Crippen molar-refractivity contribution in [1.29, 1.82) is 0 Å². The summed E-state index contributed by atoms with van der Waals surface area (Å²) in [7, 11) is 0. The summed E-state index contributed by atoms with van der Waals surface area (Å²) in [4.78, 5) is 0.910. The molecule has 2 aromatic rings. The molecule has 0 bridgehead atoms. The standard InChI is InChI=1S/C14H11F3OS/c1-8(18)14-11(16)3-2-4-13(14)19-9-5-6-10(15)12(17)7-9/h2-8,18H,1H3/t8-/m0/s1. The van der Waals surface area contributed by atoms with Crippen molar-refractivity contribution in [2.75, 3.05) is 0 Å². The molecule has 0 spiro atoms. The maximum Gasteiger partial charge on any atom is 0.159 e. The first kappa shape index (κ1) is 14.0. The Hall–Kier alpha value is -1.46. The summed E-state index contributed by atoms with van der Waals surface area (Å²) >= 11 is 1.07. The predicted molar refractivity (Wildman–Crippen MR) is 67.5 cm³/mol. The maximum absolute atomic E-state index is 13.6. The van der Waals surface area contributed by atoms with Crippen LogP contribution in [0.15, 0.2) is 46.2 Å². The highest BCUT2D eigenvalue weighted by molar-refractivity contribution is 7.99. The fourth-order valence-electron chi connectivity index (χ4n) is 1.68. The highest BCUT2D eigenvalue weighted by Gasteiger charge is 2.15. The van der Waals surface area contributed by atoms with Crippen molar-refractivity contribution >= 4 is 11.8 Å². The minimum Gasteiger partial charge on any atom is -0.389 e. The Balaban J connectivity index is 2.38. The molecule has 0 radical (unpaired) electrons. The van der Waals surface area contributed by atoms with Crippen LogP contribution in [0.2, 0.25) is 0 Å². The van der Waals surface area contributed by atoms with Gasteiger partial charge in [0, 0.05) is 15.4 Å². The predicted octanol–water partition coefficient (Wildman–Crippen LogP) is 4.31. The number of benzene rings is 2. The third-order valence-corrected chi connectivity index (χ3v) is 3.62. The molecule has 0 aliphatic rings. The lowest BCUT2D eigenvalue weighted by Gasteiger charge is -2.12. The normalized spacial score (nSPS) is 12.5. The Morgan fingerprint density at radius 3 is 2.37 bits per heavy atom.